The van der Waals surface area contributed by atoms with Crippen LogP contribution in [0.1, 0.15) is 30.4 Å². The third kappa shape index (κ3) is 3.11. The van der Waals surface area contributed by atoms with Crippen molar-refractivity contribution in [3.05, 3.63) is 111 Å². The van der Waals surface area contributed by atoms with Crippen LogP contribution in [0.25, 0.3) is 34.6 Å². The molecule has 0 aromatic heterocycles. The van der Waals surface area contributed by atoms with Crippen molar-refractivity contribution >= 4 is 40.4 Å². The summed E-state index contributed by atoms with van der Waals surface area (Å²) in [5, 5.41) is 7.63. The van der Waals surface area contributed by atoms with Crippen LogP contribution in [0.15, 0.2) is 83.5 Å². The Balaban J connectivity index is 0.000000126. The fourth-order valence-corrected chi connectivity index (χ4v) is 5.06. The summed E-state index contributed by atoms with van der Waals surface area (Å²) in [6, 6.07) is 16.9. The third-order valence-electron chi connectivity index (χ3n) is 6.58. The first kappa shape index (κ1) is 18.9. The van der Waals surface area contributed by atoms with Crippen molar-refractivity contribution in [1.82, 2.24) is 0 Å². The van der Waals surface area contributed by atoms with E-state index in [2.05, 4.69) is 53.6 Å². The van der Waals surface area contributed by atoms with Gasteiger partial charge < -0.3 is 0 Å². The van der Waals surface area contributed by atoms with E-state index in [4.69, 9.17) is 0 Å². The monoisotopic (exact) mass is 413 g/mol. The minimum absolute atomic E-state index is 0.0520. The highest BCUT2D eigenvalue weighted by Gasteiger charge is 2.19. The molecule has 0 unspecified atom stereocenters. The van der Waals surface area contributed by atoms with Gasteiger partial charge in [0.25, 0.3) is 0 Å². The summed E-state index contributed by atoms with van der Waals surface area (Å²) in [6.45, 7) is 0. The molecule has 0 radical (unpaired) electrons. The summed E-state index contributed by atoms with van der Waals surface area (Å²) in [4.78, 5) is 16.0. The molecule has 3 aliphatic carbocycles. The average Bonchev–Trinajstić information content (AvgIpc) is 3.24. The van der Waals surface area contributed by atoms with Crippen molar-refractivity contribution in [1.29, 1.82) is 0 Å². The van der Waals surface area contributed by atoms with Crippen molar-refractivity contribution in [2.24, 2.45) is 4.99 Å². The van der Waals surface area contributed by atoms with Gasteiger partial charge in [0.15, 0.2) is 5.78 Å². The van der Waals surface area contributed by atoms with E-state index in [-0.39, 0.29) is 5.78 Å². The van der Waals surface area contributed by atoms with Crippen LogP contribution in [0.3, 0.4) is 0 Å². The Labute approximate surface area is 186 Å². The Bertz CT molecular complexity index is 1630. The number of nitrogens with zero attached hydrogens (tertiary/aromatic N) is 1. The molecule has 0 fully saturated rings. The quantitative estimate of drug-likeness (QED) is 0.553. The first-order valence-electron chi connectivity index (χ1n) is 11.3. The van der Waals surface area contributed by atoms with Crippen molar-refractivity contribution in [3.63, 3.8) is 0 Å². The Morgan fingerprint density at radius 2 is 1.72 bits per heavy atom. The molecule has 0 atom stereocenters. The summed E-state index contributed by atoms with van der Waals surface area (Å²) >= 11 is 0. The van der Waals surface area contributed by atoms with Gasteiger partial charge in [0.05, 0.1) is 16.6 Å². The zero-order valence-corrected chi connectivity index (χ0v) is 17.8. The van der Waals surface area contributed by atoms with Gasteiger partial charge in [-0.3, -0.25) is 4.79 Å². The van der Waals surface area contributed by atoms with Gasteiger partial charge in [0.1, 0.15) is 0 Å². The van der Waals surface area contributed by atoms with Gasteiger partial charge in [0, 0.05) is 5.22 Å². The number of fused-ring (bicyclic) bond motifs is 7. The fraction of sp³-hybridized carbons (Fsp3) is 0.133. The third-order valence-corrected chi connectivity index (χ3v) is 6.58. The molecule has 3 aromatic carbocycles. The highest BCUT2D eigenvalue weighted by molar-refractivity contribution is 6.27. The van der Waals surface area contributed by atoms with E-state index in [1.807, 2.05) is 30.3 Å². The maximum Gasteiger partial charge on any atom is 0.188 e. The summed E-state index contributed by atoms with van der Waals surface area (Å²) in [6.07, 6.45) is 19.3. The second-order valence-electron chi connectivity index (χ2n) is 8.52. The zero-order valence-electron chi connectivity index (χ0n) is 17.8. The van der Waals surface area contributed by atoms with Crippen LogP contribution in [0.2, 0.25) is 0 Å². The molecule has 2 heteroatoms. The second kappa shape index (κ2) is 7.72. The summed E-state index contributed by atoms with van der Waals surface area (Å²) in [5.74, 6) is 0.0520. The fourth-order valence-electron chi connectivity index (χ4n) is 5.06. The van der Waals surface area contributed by atoms with Crippen molar-refractivity contribution in [2.45, 2.75) is 25.7 Å². The standard InChI is InChI=1S/C18H16.C12H7NO/c1-3-7-15-13(5-1)9-11-18-16-8-4-2-6-14(16)10-12-17(15)18;14-11-7-3-6-10-12(11)8-4-1-2-5-9(8)13-10/h1,5,7-12H,2-4,6H2;1-7H. The number of benzene rings is 3. The molecule has 1 aliphatic heterocycles. The van der Waals surface area contributed by atoms with Crippen LogP contribution in [0.4, 0.5) is 0 Å². The maximum atomic E-state index is 11.6. The van der Waals surface area contributed by atoms with E-state index < -0.39 is 0 Å². The molecule has 154 valence electrons. The highest BCUT2D eigenvalue weighted by atomic mass is 16.1. The predicted octanol–water partition coefficient (Wildman–Crippen LogP) is 3.65. The molecule has 7 rings (SSSR count). The van der Waals surface area contributed by atoms with Crippen molar-refractivity contribution in [3.8, 4) is 0 Å². The van der Waals surface area contributed by atoms with Crippen molar-refractivity contribution in [2.75, 3.05) is 0 Å². The van der Waals surface area contributed by atoms with E-state index in [0.29, 0.717) is 0 Å². The molecule has 32 heavy (non-hydrogen) atoms. The summed E-state index contributed by atoms with van der Waals surface area (Å²) < 4.78 is 0. The van der Waals surface area contributed by atoms with Crippen LogP contribution in [0.5, 0.6) is 0 Å². The molecular weight excluding hydrogens is 390 g/mol. The Morgan fingerprint density at radius 1 is 0.844 bits per heavy atom. The number of hydrogen-bond donors (Lipinski definition) is 0. The van der Waals surface area contributed by atoms with E-state index in [1.165, 1.54) is 51.6 Å². The molecule has 3 aromatic rings. The van der Waals surface area contributed by atoms with Gasteiger partial charge >= 0.3 is 0 Å². The number of rotatable bonds is 0. The van der Waals surface area contributed by atoms with E-state index in [9.17, 15) is 4.79 Å². The molecule has 4 aliphatic rings. The molecule has 2 nitrogen and oxygen atoms in total. The number of allylic oxidation sites excluding steroid dienone is 5. The summed E-state index contributed by atoms with van der Waals surface area (Å²) in [5.41, 5.74) is 4.42. The number of carbonyl (C=O) groups is 1. The van der Waals surface area contributed by atoms with Gasteiger partial charge in [-0.1, -0.05) is 72.8 Å². The number of aryl methyl sites for hydroxylation is 1. The molecule has 0 bridgehead atoms. The minimum atomic E-state index is 0.0520. The van der Waals surface area contributed by atoms with E-state index >= 15 is 0 Å². The normalized spacial score (nSPS) is 16.9. The first-order valence-corrected chi connectivity index (χ1v) is 11.3. The Kier molecular flexibility index (Phi) is 4.57. The molecular formula is C30H23NO. The lowest BCUT2D eigenvalue weighted by atomic mass is 9.92. The second-order valence-corrected chi connectivity index (χ2v) is 8.52. The average molecular weight is 414 g/mol. The van der Waals surface area contributed by atoms with Crippen molar-refractivity contribution < 1.29 is 4.79 Å². The number of carbonyl (C=O) groups excluding carboxylic acids is 1. The Morgan fingerprint density at radius 3 is 2.69 bits per heavy atom. The largest absolute Gasteiger partial charge is 0.289 e. The highest BCUT2D eigenvalue weighted by Crippen LogP contribution is 2.19. The van der Waals surface area contributed by atoms with Crippen LogP contribution in [-0.2, 0) is 11.2 Å². The van der Waals surface area contributed by atoms with Crippen LogP contribution >= 0.6 is 0 Å². The molecule has 0 N–H and O–H groups in total. The van der Waals surface area contributed by atoms with E-state index in [1.54, 1.807) is 12.2 Å². The minimum Gasteiger partial charge on any atom is -0.289 e. The molecule has 0 saturated carbocycles. The Hall–Kier alpha value is -3.78. The SMILES string of the molecule is C1=Cc2ccc3c4c(ccc3c2=CC1)CCCC=4.O=C1C=CC=C2N=c3ccccc3=C12. The number of ketones is 1. The number of para-hydroxylation sites is 1. The topological polar surface area (TPSA) is 29.4 Å². The number of hydrogen-bond acceptors (Lipinski definition) is 2. The van der Waals surface area contributed by atoms with Gasteiger partial charge in [-0.05, 0) is 76.2 Å². The van der Waals surface area contributed by atoms with Crippen LogP contribution in [-0.4, -0.2) is 5.78 Å². The first-order chi connectivity index (χ1) is 15.8. The van der Waals surface area contributed by atoms with Gasteiger partial charge in [0.2, 0.25) is 0 Å². The predicted molar refractivity (Wildman–Crippen MR) is 132 cm³/mol. The zero-order chi connectivity index (χ0) is 21.5. The summed E-state index contributed by atoms with van der Waals surface area (Å²) in [7, 11) is 0. The molecule has 1 heterocycles. The van der Waals surface area contributed by atoms with Gasteiger partial charge in [-0.25, -0.2) is 4.99 Å². The smallest absolute Gasteiger partial charge is 0.188 e. The lowest BCUT2D eigenvalue weighted by Crippen LogP contribution is -2.24. The molecule has 0 saturated heterocycles. The lowest BCUT2D eigenvalue weighted by Gasteiger charge is -2.13. The van der Waals surface area contributed by atoms with Crippen LogP contribution in [0, 0.1) is 0 Å². The molecule has 0 amide bonds. The van der Waals surface area contributed by atoms with Gasteiger partial charge in [-0.2, -0.15) is 0 Å². The van der Waals surface area contributed by atoms with E-state index in [0.717, 1.165) is 28.3 Å². The molecule has 0 spiro atoms. The maximum absolute atomic E-state index is 11.6. The van der Waals surface area contributed by atoms with Gasteiger partial charge in [-0.15, -0.1) is 0 Å². The lowest BCUT2D eigenvalue weighted by molar-refractivity contribution is -0.109. The van der Waals surface area contributed by atoms with Crippen LogP contribution < -0.4 is 21.0 Å².